The average Bonchev–Trinajstić information content (AvgIpc) is 2.39. The van der Waals surface area contributed by atoms with E-state index in [9.17, 15) is 0 Å². The SMILES string of the molecule is Clc1ccc2cc(-c3[c]nccc3)ccc2c1. The minimum Gasteiger partial charge on any atom is -0.254 e. The Balaban J connectivity index is 2.17. The zero-order valence-electron chi connectivity index (χ0n) is 9.02. The van der Waals surface area contributed by atoms with Crippen molar-refractivity contribution in [3.8, 4) is 11.1 Å². The molecule has 0 fully saturated rings. The number of pyridine rings is 1. The van der Waals surface area contributed by atoms with E-state index < -0.39 is 0 Å². The first-order valence-electron chi connectivity index (χ1n) is 5.35. The van der Waals surface area contributed by atoms with Gasteiger partial charge in [0.1, 0.15) is 0 Å². The van der Waals surface area contributed by atoms with Crippen LogP contribution in [-0.2, 0) is 0 Å². The highest BCUT2D eigenvalue weighted by Gasteiger charge is 2.00. The van der Waals surface area contributed by atoms with E-state index in [1.54, 1.807) is 6.20 Å². The molecule has 2 heteroatoms. The molecule has 1 heterocycles. The maximum absolute atomic E-state index is 5.96. The molecule has 0 saturated heterocycles. The summed E-state index contributed by atoms with van der Waals surface area (Å²) in [4.78, 5) is 4.01. The molecule has 0 saturated carbocycles. The predicted molar refractivity (Wildman–Crippen MR) is 71.0 cm³/mol. The van der Waals surface area contributed by atoms with Crippen molar-refractivity contribution in [3.05, 3.63) is 65.9 Å². The van der Waals surface area contributed by atoms with Gasteiger partial charge in [-0.15, -0.1) is 0 Å². The summed E-state index contributed by atoms with van der Waals surface area (Å²) in [6.45, 7) is 0. The molecule has 0 aliphatic heterocycles. The lowest BCUT2D eigenvalue weighted by Crippen LogP contribution is -1.80. The van der Waals surface area contributed by atoms with Gasteiger partial charge in [0.2, 0.25) is 0 Å². The Morgan fingerprint density at radius 3 is 2.59 bits per heavy atom. The van der Waals surface area contributed by atoms with Crippen molar-refractivity contribution in [2.24, 2.45) is 0 Å². The van der Waals surface area contributed by atoms with Crippen molar-refractivity contribution in [1.82, 2.24) is 4.98 Å². The van der Waals surface area contributed by atoms with Crippen LogP contribution < -0.4 is 0 Å². The maximum Gasteiger partial charge on any atom is 0.0970 e. The first-order valence-corrected chi connectivity index (χ1v) is 5.73. The summed E-state index contributed by atoms with van der Waals surface area (Å²) in [7, 11) is 0. The predicted octanol–water partition coefficient (Wildman–Crippen LogP) is 4.36. The van der Waals surface area contributed by atoms with Gasteiger partial charge in [-0.3, -0.25) is 4.98 Å². The van der Waals surface area contributed by atoms with E-state index in [0.29, 0.717) is 0 Å². The Morgan fingerprint density at radius 2 is 1.76 bits per heavy atom. The van der Waals surface area contributed by atoms with Crippen LogP contribution in [0, 0.1) is 6.20 Å². The fourth-order valence-electron chi connectivity index (χ4n) is 1.87. The molecular formula is C15H9ClN. The number of benzene rings is 2. The Bertz CT molecular complexity index is 662. The van der Waals surface area contributed by atoms with Gasteiger partial charge in [0.15, 0.2) is 0 Å². The molecule has 0 atom stereocenters. The van der Waals surface area contributed by atoms with Gasteiger partial charge in [-0.05, 0) is 40.6 Å². The minimum absolute atomic E-state index is 0.762. The third-order valence-electron chi connectivity index (χ3n) is 2.72. The number of fused-ring (bicyclic) bond motifs is 1. The van der Waals surface area contributed by atoms with Gasteiger partial charge in [0, 0.05) is 16.8 Å². The molecule has 81 valence electrons. The number of hydrogen-bond acceptors (Lipinski definition) is 1. The van der Waals surface area contributed by atoms with Crippen LogP contribution in [0.15, 0.2) is 54.7 Å². The molecule has 0 aliphatic carbocycles. The van der Waals surface area contributed by atoms with Crippen molar-refractivity contribution >= 4 is 22.4 Å². The zero-order chi connectivity index (χ0) is 11.7. The summed E-state index contributed by atoms with van der Waals surface area (Å²) in [5.74, 6) is 0. The number of rotatable bonds is 1. The van der Waals surface area contributed by atoms with Gasteiger partial charge in [-0.25, -0.2) is 0 Å². The summed E-state index contributed by atoms with van der Waals surface area (Å²) < 4.78 is 0. The fourth-order valence-corrected chi connectivity index (χ4v) is 2.05. The highest BCUT2D eigenvalue weighted by molar-refractivity contribution is 6.31. The highest BCUT2D eigenvalue weighted by atomic mass is 35.5. The van der Waals surface area contributed by atoms with Gasteiger partial charge in [-0.1, -0.05) is 35.9 Å². The number of aromatic nitrogens is 1. The highest BCUT2D eigenvalue weighted by Crippen LogP contribution is 2.25. The largest absolute Gasteiger partial charge is 0.254 e. The van der Waals surface area contributed by atoms with Gasteiger partial charge < -0.3 is 0 Å². The van der Waals surface area contributed by atoms with Gasteiger partial charge in [0.25, 0.3) is 0 Å². The van der Waals surface area contributed by atoms with Crippen LogP contribution >= 0.6 is 11.6 Å². The van der Waals surface area contributed by atoms with Crippen LogP contribution in [0.4, 0.5) is 0 Å². The van der Waals surface area contributed by atoms with Crippen molar-refractivity contribution < 1.29 is 0 Å². The van der Waals surface area contributed by atoms with E-state index in [1.807, 2.05) is 30.3 Å². The number of halogens is 1. The van der Waals surface area contributed by atoms with E-state index >= 15 is 0 Å². The Labute approximate surface area is 105 Å². The maximum atomic E-state index is 5.96. The van der Waals surface area contributed by atoms with Gasteiger partial charge in [-0.2, -0.15) is 0 Å². The van der Waals surface area contributed by atoms with E-state index in [2.05, 4.69) is 29.4 Å². The van der Waals surface area contributed by atoms with Gasteiger partial charge >= 0.3 is 0 Å². The second-order valence-electron chi connectivity index (χ2n) is 3.87. The second kappa shape index (κ2) is 4.19. The van der Waals surface area contributed by atoms with E-state index in [4.69, 9.17) is 11.6 Å². The summed E-state index contributed by atoms with van der Waals surface area (Å²) in [5.41, 5.74) is 2.12. The summed E-state index contributed by atoms with van der Waals surface area (Å²) in [6, 6.07) is 16.1. The molecule has 17 heavy (non-hydrogen) atoms. The van der Waals surface area contributed by atoms with Crippen molar-refractivity contribution in [3.63, 3.8) is 0 Å². The molecule has 0 N–H and O–H groups in total. The molecule has 0 aliphatic rings. The van der Waals surface area contributed by atoms with Crippen LogP contribution in [0.2, 0.25) is 5.02 Å². The molecule has 3 aromatic rings. The standard InChI is InChI=1S/C15H9ClN/c16-15-6-5-11-8-12(3-4-13(11)9-15)14-2-1-7-17-10-14/h1-9H. The third-order valence-corrected chi connectivity index (χ3v) is 2.96. The van der Waals surface area contributed by atoms with Crippen LogP contribution in [0.5, 0.6) is 0 Å². The van der Waals surface area contributed by atoms with Crippen LogP contribution in [0.1, 0.15) is 0 Å². The second-order valence-corrected chi connectivity index (χ2v) is 4.31. The summed E-state index contributed by atoms with van der Waals surface area (Å²) >= 11 is 5.96. The molecule has 0 amide bonds. The van der Waals surface area contributed by atoms with E-state index in [0.717, 1.165) is 21.5 Å². The molecule has 0 unspecified atom stereocenters. The topological polar surface area (TPSA) is 12.9 Å². The fraction of sp³-hybridized carbons (Fsp3) is 0. The molecule has 1 nitrogen and oxygen atoms in total. The lowest BCUT2D eigenvalue weighted by molar-refractivity contribution is 1.31. The molecule has 0 spiro atoms. The first kappa shape index (κ1) is 10.3. The number of hydrogen-bond donors (Lipinski definition) is 0. The van der Waals surface area contributed by atoms with E-state index in [1.165, 1.54) is 5.39 Å². The van der Waals surface area contributed by atoms with Crippen molar-refractivity contribution in [2.45, 2.75) is 0 Å². The summed E-state index contributed by atoms with van der Waals surface area (Å²) in [6.07, 6.45) is 4.71. The third kappa shape index (κ3) is 2.02. The lowest BCUT2D eigenvalue weighted by Gasteiger charge is -2.03. The summed E-state index contributed by atoms with van der Waals surface area (Å²) in [5, 5.41) is 3.08. The molecular weight excluding hydrogens is 230 g/mol. The van der Waals surface area contributed by atoms with Crippen LogP contribution in [-0.4, -0.2) is 4.98 Å². The molecule has 0 bridgehead atoms. The minimum atomic E-state index is 0.762. The van der Waals surface area contributed by atoms with Crippen molar-refractivity contribution in [1.29, 1.82) is 0 Å². The normalized spacial score (nSPS) is 10.6. The van der Waals surface area contributed by atoms with Crippen LogP contribution in [0.3, 0.4) is 0 Å². The Kier molecular flexibility index (Phi) is 2.54. The number of nitrogens with zero attached hydrogens (tertiary/aromatic N) is 1. The zero-order valence-corrected chi connectivity index (χ0v) is 9.78. The van der Waals surface area contributed by atoms with E-state index in [-0.39, 0.29) is 0 Å². The smallest absolute Gasteiger partial charge is 0.0970 e. The molecule has 1 radical (unpaired) electrons. The molecule has 3 rings (SSSR count). The van der Waals surface area contributed by atoms with Crippen LogP contribution in [0.25, 0.3) is 21.9 Å². The first-order chi connectivity index (χ1) is 8.33. The lowest BCUT2D eigenvalue weighted by atomic mass is 10.0. The average molecular weight is 239 g/mol. The van der Waals surface area contributed by atoms with Crippen molar-refractivity contribution in [2.75, 3.05) is 0 Å². The Morgan fingerprint density at radius 1 is 0.941 bits per heavy atom. The monoisotopic (exact) mass is 238 g/mol. The quantitative estimate of drug-likeness (QED) is 0.614. The van der Waals surface area contributed by atoms with Gasteiger partial charge in [0.05, 0.1) is 6.20 Å². The Hall–Kier alpha value is -1.86. The molecule has 1 aromatic heterocycles. The molecule has 2 aromatic carbocycles.